The van der Waals surface area contributed by atoms with Gasteiger partial charge in [-0.3, -0.25) is 14.4 Å². The Labute approximate surface area is 187 Å². The number of ether oxygens (including phenoxy) is 1. The summed E-state index contributed by atoms with van der Waals surface area (Å²) < 4.78 is 6.93. The summed E-state index contributed by atoms with van der Waals surface area (Å²) in [7, 11) is 1.54. The first kappa shape index (κ1) is 21.6. The van der Waals surface area contributed by atoms with E-state index in [-0.39, 0.29) is 18.0 Å². The van der Waals surface area contributed by atoms with Gasteiger partial charge in [-0.05, 0) is 31.0 Å². The van der Waals surface area contributed by atoms with E-state index in [2.05, 4.69) is 5.32 Å². The summed E-state index contributed by atoms with van der Waals surface area (Å²) in [6.07, 6.45) is 5.96. The summed E-state index contributed by atoms with van der Waals surface area (Å²) in [5.41, 5.74) is 1.51. The number of benzene rings is 2. The molecule has 166 valence electrons. The van der Waals surface area contributed by atoms with Crippen LogP contribution in [-0.4, -0.2) is 47.3 Å². The van der Waals surface area contributed by atoms with Gasteiger partial charge in [-0.1, -0.05) is 37.1 Å². The maximum Gasteiger partial charge on any atom is 0.296 e. The number of aromatic nitrogens is 1. The molecular formula is C25H27N3O4. The molecule has 0 atom stereocenters. The zero-order valence-corrected chi connectivity index (χ0v) is 18.2. The number of carbonyl (C=O) groups is 3. The van der Waals surface area contributed by atoms with E-state index in [1.54, 1.807) is 41.1 Å². The summed E-state index contributed by atoms with van der Waals surface area (Å²) in [4.78, 5) is 40.5. The van der Waals surface area contributed by atoms with Crippen LogP contribution in [0, 0.1) is 0 Å². The quantitative estimate of drug-likeness (QED) is 0.473. The lowest BCUT2D eigenvalue weighted by Crippen LogP contribution is -2.34. The SMILES string of the molecule is COc1cccc(NC(=O)C(=O)c2cn(CC(=O)N3CCCCCC3)c3ccccc23)c1. The molecule has 2 heterocycles. The van der Waals surface area contributed by atoms with E-state index in [4.69, 9.17) is 4.74 Å². The summed E-state index contributed by atoms with van der Waals surface area (Å²) in [5, 5.41) is 3.29. The first-order valence-corrected chi connectivity index (χ1v) is 10.9. The molecule has 0 spiro atoms. The molecule has 1 aromatic heterocycles. The van der Waals surface area contributed by atoms with Gasteiger partial charge in [0.05, 0.1) is 12.7 Å². The minimum Gasteiger partial charge on any atom is -0.497 e. The lowest BCUT2D eigenvalue weighted by molar-refractivity contribution is -0.131. The molecule has 7 heteroatoms. The highest BCUT2D eigenvalue weighted by atomic mass is 16.5. The second kappa shape index (κ2) is 9.68. The minimum absolute atomic E-state index is 0.0347. The number of carbonyl (C=O) groups excluding carboxylic acids is 3. The molecule has 1 aliphatic rings. The van der Waals surface area contributed by atoms with Crippen molar-refractivity contribution in [3.05, 3.63) is 60.3 Å². The van der Waals surface area contributed by atoms with Crippen LogP contribution in [0.4, 0.5) is 5.69 Å². The van der Waals surface area contributed by atoms with Crippen molar-refractivity contribution >= 4 is 34.2 Å². The van der Waals surface area contributed by atoms with Crippen LogP contribution in [0.2, 0.25) is 0 Å². The van der Waals surface area contributed by atoms with Crippen LogP contribution < -0.4 is 10.1 Å². The van der Waals surface area contributed by atoms with Crippen LogP contribution in [-0.2, 0) is 16.1 Å². The molecule has 0 radical (unpaired) electrons. The maximum atomic E-state index is 13.0. The van der Waals surface area contributed by atoms with Crippen molar-refractivity contribution in [3.63, 3.8) is 0 Å². The molecule has 2 aromatic carbocycles. The molecule has 0 bridgehead atoms. The molecule has 3 aromatic rings. The number of para-hydroxylation sites is 1. The predicted octanol–water partition coefficient (Wildman–Crippen LogP) is 3.87. The van der Waals surface area contributed by atoms with Crippen molar-refractivity contribution in [2.24, 2.45) is 0 Å². The number of rotatable bonds is 6. The molecule has 1 aliphatic heterocycles. The number of fused-ring (bicyclic) bond motifs is 1. The van der Waals surface area contributed by atoms with Crippen LogP contribution in [0.3, 0.4) is 0 Å². The van der Waals surface area contributed by atoms with E-state index >= 15 is 0 Å². The summed E-state index contributed by atoms with van der Waals surface area (Å²) in [6, 6.07) is 14.2. The molecule has 1 fully saturated rings. The Morgan fingerprint density at radius 3 is 2.47 bits per heavy atom. The Hall–Kier alpha value is -3.61. The normalized spacial score (nSPS) is 14.1. The van der Waals surface area contributed by atoms with Crippen molar-refractivity contribution in [2.45, 2.75) is 32.2 Å². The Bertz CT molecular complexity index is 1140. The molecular weight excluding hydrogens is 406 g/mol. The lowest BCUT2D eigenvalue weighted by atomic mass is 10.1. The molecule has 4 rings (SSSR count). The number of nitrogens with zero attached hydrogens (tertiary/aromatic N) is 2. The van der Waals surface area contributed by atoms with Gasteiger partial charge in [-0.25, -0.2) is 0 Å². The zero-order chi connectivity index (χ0) is 22.5. The van der Waals surface area contributed by atoms with Crippen LogP contribution in [0.25, 0.3) is 10.9 Å². The number of amides is 2. The third kappa shape index (κ3) is 4.66. The standard InChI is InChI=1S/C25H27N3O4/c1-32-19-10-8-9-18(15-19)26-25(31)24(30)21-16-28(22-12-5-4-11-20(21)22)17-23(29)27-13-6-2-3-7-14-27/h4-5,8-12,15-16H,2-3,6-7,13-14,17H2,1H3,(H,26,31). The highest BCUT2D eigenvalue weighted by Crippen LogP contribution is 2.23. The lowest BCUT2D eigenvalue weighted by Gasteiger charge is -2.20. The number of anilines is 1. The molecule has 0 saturated carbocycles. The Morgan fingerprint density at radius 1 is 0.969 bits per heavy atom. The van der Waals surface area contributed by atoms with Crippen LogP contribution in [0.5, 0.6) is 5.75 Å². The third-order valence-electron chi connectivity index (χ3n) is 5.83. The predicted molar refractivity (Wildman–Crippen MR) is 123 cm³/mol. The Morgan fingerprint density at radius 2 is 1.72 bits per heavy atom. The zero-order valence-electron chi connectivity index (χ0n) is 18.2. The molecule has 1 saturated heterocycles. The average molecular weight is 434 g/mol. The van der Waals surface area contributed by atoms with E-state index in [1.165, 1.54) is 7.11 Å². The molecule has 32 heavy (non-hydrogen) atoms. The van der Waals surface area contributed by atoms with Gasteiger partial charge in [-0.2, -0.15) is 0 Å². The van der Waals surface area contributed by atoms with Crippen molar-refractivity contribution in [1.82, 2.24) is 9.47 Å². The van der Waals surface area contributed by atoms with Crippen LogP contribution in [0.15, 0.2) is 54.7 Å². The number of hydrogen-bond acceptors (Lipinski definition) is 4. The number of likely N-dealkylation sites (tertiary alicyclic amines) is 1. The second-order valence-electron chi connectivity index (χ2n) is 8.00. The van der Waals surface area contributed by atoms with E-state index in [0.29, 0.717) is 16.8 Å². The summed E-state index contributed by atoms with van der Waals surface area (Å²) in [6.45, 7) is 1.69. The van der Waals surface area contributed by atoms with Gasteiger partial charge in [0.2, 0.25) is 5.91 Å². The van der Waals surface area contributed by atoms with Crippen molar-refractivity contribution in [2.75, 3.05) is 25.5 Å². The van der Waals surface area contributed by atoms with Gasteiger partial charge in [0.1, 0.15) is 12.3 Å². The number of nitrogens with one attached hydrogen (secondary N) is 1. The van der Waals surface area contributed by atoms with Crippen LogP contribution in [0.1, 0.15) is 36.0 Å². The topological polar surface area (TPSA) is 80.6 Å². The number of Topliss-reactive ketones (excluding diaryl/α,β-unsaturated/α-hetero) is 1. The first-order chi connectivity index (χ1) is 15.6. The van der Waals surface area contributed by atoms with Gasteiger partial charge in [0.15, 0.2) is 0 Å². The number of ketones is 1. The number of hydrogen-bond donors (Lipinski definition) is 1. The fourth-order valence-electron chi connectivity index (χ4n) is 4.14. The molecule has 7 nitrogen and oxygen atoms in total. The minimum atomic E-state index is -0.736. The maximum absolute atomic E-state index is 13.0. The van der Waals surface area contributed by atoms with Crippen molar-refractivity contribution < 1.29 is 19.1 Å². The molecule has 0 unspecified atom stereocenters. The monoisotopic (exact) mass is 433 g/mol. The largest absolute Gasteiger partial charge is 0.497 e. The van der Waals surface area contributed by atoms with Gasteiger partial charge in [0, 0.05) is 41.9 Å². The Kier molecular flexibility index (Phi) is 6.54. The van der Waals surface area contributed by atoms with Gasteiger partial charge in [-0.15, -0.1) is 0 Å². The van der Waals surface area contributed by atoms with E-state index in [0.717, 1.165) is 44.3 Å². The smallest absolute Gasteiger partial charge is 0.296 e. The van der Waals surface area contributed by atoms with Crippen molar-refractivity contribution in [1.29, 1.82) is 0 Å². The second-order valence-corrected chi connectivity index (χ2v) is 8.00. The summed E-state index contributed by atoms with van der Waals surface area (Å²) >= 11 is 0. The number of methoxy groups -OCH3 is 1. The van der Waals surface area contributed by atoms with Gasteiger partial charge < -0.3 is 19.5 Å². The van der Waals surface area contributed by atoms with Crippen molar-refractivity contribution in [3.8, 4) is 5.75 Å². The van der Waals surface area contributed by atoms with Gasteiger partial charge >= 0.3 is 0 Å². The molecule has 1 N–H and O–H groups in total. The average Bonchev–Trinajstić information content (AvgIpc) is 2.98. The molecule has 0 aliphatic carbocycles. The fraction of sp³-hybridized carbons (Fsp3) is 0.320. The Balaban J connectivity index is 1.56. The fourth-order valence-corrected chi connectivity index (χ4v) is 4.14. The van der Waals surface area contributed by atoms with E-state index < -0.39 is 11.7 Å². The highest BCUT2D eigenvalue weighted by Gasteiger charge is 2.23. The third-order valence-corrected chi connectivity index (χ3v) is 5.83. The highest BCUT2D eigenvalue weighted by molar-refractivity contribution is 6.48. The first-order valence-electron chi connectivity index (χ1n) is 10.9. The molecule has 2 amide bonds. The van der Waals surface area contributed by atoms with Gasteiger partial charge in [0.25, 0.3) is 11.7 Å². The van der Waals surface area contributed by atoms with Crippen LogP contribution >= 0.6 is 0 Å². The summed E-state index contributed by atoms with van der Waals surface area (Å²) in [5.74, 6) is -0.767. The van der Waals surface area contributed by atoms with E-state index in [9.17, 15) is 14.4 Å². The van der Waals surface area contributed by atoms with E-state index in [1.807, 2.05) is 23.1 Å².